The highest BCUT2D eigenvalue weighted by molar-refractivity contribution is 5.69. The highest BCUT2D eigenvalue weighted by Crippen LogP contribution is 2.57. The number of fused-ring (bicyclic) bond motifs is 2. The molecule has 6 heteroatoms. The van der Waals surface area contributed by atoms with Crippen molar-refractivity contribution < 1.29 is 28.2 Å². The van der Waals surface area contributed by atoms with Crippen LogP contribution >= 0.6 is 0 Å². The second-order valence-electron chi connectivity index (χ2n) is 9.61. The average Bonchev–Trinajstić information content (AvgIpc) is 3.41. The lowest BCUT2D eigenvalue weighted by molar-refractivity contribution is -0.140. The Balaban J connectivity index is 1.74. The number of aliphatic hydroxyl groups is 1. The first-order valence-corrected chi connectivity index (χ1v) is 12.5. The van der Waals surface area contributed by atoms with Gasteiger partial charge in [0.15, 0.2) is 0 Å². The molecule has 0 amide bonds. The summed E-state index contributed by atoms with van der Waals surface area (Å²) in [6, 6.07) is 6.67. The number of hydrogen-bond donors (Lipinski definition) is 1. The molecule has 0 radical (unpaired) electrons. The van der Waals surface area contributed by atoms with Crippen LogP contribution in [0, 0.1) is 17.7 Å². The molecule has 1 saturated heterocycles. The molecule has 1 heterocycles. The Kier molecular flexibility index (Phi) is 9.84. The molecule has 6 atom stereocenters. The van der Waals surface area contributed by atoms with E-state index < -0.39 is 12.3 Å². The first kappa shape index (κ1) is 26.6. The molecule has 4 nitrogen and oxygen atoms in total. The second-order valence-corrected chi connectivity index (χ2v) is 9.61. The molecule has 1 aliphatic heterocycles. The molecular weight excluding hydrogens is 438 g/mol. The molecule has 188 valence electrons. The van der Waals surface area contributed by atoms with Gasteiger partial charge in [0.25, 0.3) is 0 Å². The molecule has 1 unspecified atom stereocenters. The van der Waals surface area contributed by atoms with Crippen LogP contribution in [0.5, 0.6) is 0 Å². The fraction of sp³-hybridized carbons (Fsp3) is 0.607. The van der Waals surface area contributed by atoms with Crippen molar-refractivity contribution in [3.05, 3.63) is 60.0 Å². The summed E-state index contributed by atoms with van der Waals surface area (Å²) >= 11 is 0. The monoisotopic (exact) mass is 476 g/mol. The summed E-state index contributed by atoms with van der Waals surface area (Å²) in [6.45, 7) is 2.57. The van der Waals surface area contributed by atoms with Gasteiger partial charge in [-0.05, 0) is 55.7 Å². The molecule has 0 aromatic heterocycles. The maximum atomic E-state index is 14.3. The summed E-state index contributed by atoms with van der Waals surface area (Å²) in [5, 5.41) is 10.3. The predicted octanol–water partition coefficient (Wildman–Crippen LogP) is 5.83. The lowest BCUT2D eigenvalue weighted by Crippen LogP contribution is -2.39. The van der Waals surface area contributed by atoms with E-state index in [2.05, 4.69) is 16.9 Å². The van der Waals surface area contributed by atoms with Gasteiger partial charge >= 0.3 is 5.97 Å². The van der Waals surface area contributed by atoms with E-state index in [0.29, 0.717) is 19.4 Å². The zero-order chi connectivity index (χ0) is 24.6. The van der Waals surface area contributed by atoms with Crippen LogP contribution in [0.15, 0.2) is 48.6 Å². The number of carbonyl (C=O) groups is 1. The van der Waals surface area contributed by atoms with E-state index in [0.717, 1.165) is 44.1 Å². The molecule has 1 N–H and O–H groups in total. The van der Waals surface area contributed by atoms with Crippen molar-refractivity contribution >= 4 is 5.97 Å². The summed E-state index contributed by atoms with van der Waals surface area (Å²) in [4.78, 5) is 11.3. The number of rotatable bonds is 13. The number of unbranched alkanes of at least 4 members (excludes halogenated alkanes) is 2. The third kappa shape index (κ3) is 6.33. The van der Waals surface area contributed by atoms with Gasteiger partial charge in [0.05, 0.1) is 19.8 Å². The van der Waals surface area contributed by atoms with Gasteiger partial charge in [0.2, 0.25) is 0 Å². The van der Waals surface area contributed by atoms with Crippen LogP contribution in [0.1, 0.15) is 63.9 Å². The standard InChI is InChI=1S/C28H38F2O4/c1-3-4-10-24(30)25(31)17-16-22-23(9-7-5-6-8-11-27(32)33-2)28(18-26(22)34-19-28)20-12-14-21(29)15-13-20/h5,7,12-17,22-26,31H,3-4,6,8-11,18-19H2,1-2H3/b7-5-,17-16+/t22-,23-,24?,25+,26-,28-/m0/s1. The van der Waals surface area contributed by atoms with E-state index in [1.54, 1.807) is 6.08 Å². The highest BCUT2D eigenvalue weighted by atomic mass is 19.1. The van der Waals surface area contributed by atoms with E-state index in [9.17, 15) is 18.7 Å². The van der Waals surface area contributed by atoms with Crippen LogP contribution in [0.4, 0.5) is 8.78 Å². The second kappa shape index (κ2) is 12.6. The van der Waals surface area contributed by atoms with E-state index in [1.165, 1.54) is 19.2 Å². The van der Waals surface area contributed by atoms with Crippen LogP contribution < -0.4 is 0 Å². The molecule has 1 saturated carbocycles. The topological polar surface area (TPSA) is 55.8 Å². The van der Waals surface area contributed by atoms with Crippen LogP contribution in [-0.4, -0.2) is 43.2 Å². The predicted molar refractivity (Wildman–Crippen MR) is 129 cm³/mol. The SMILES string of the molecule is CCCCC(F)[C@H](O)/C=C/[C@@H]1[C@@H]2C[C@@](c3ccc(F)cc3)(CO2)[C@H]1C/C=C\CCCC(=O)OC. The van der Waals surface area contributed by atoms with Gasteiger partial charge in [-0.15, -0.1) is 0 Å². The maximum absolute atomic E-state index is 14.3. The number of carbonyl (C=O) groups excluding carboxylic acids is 1. The fourth-order valence-electron chi connectivity index (χ4n) is 5.46. The fourth-order valence-corrected chi connectivity index (χ4v) is 5.46. The molecule has 2 fully saturated rings. The molecule has 1 aromatic carbocycles. The highest BCUT2D eigenvalue weighted by Gasteiger charge is 2.58. The van der Waals surface area contributed by atoms with Crippen molar-refractivity contribution in [3.8, 4) is 0 Å². The Labute approximate surface area is 202 Å². The van der Waals surface area contributed by atoms with Gasteiger partial charge in [-0.3, -0.25) is 4.79 Å². The van der Waals surface area contributed by atoms with Crippen LogP contribution in [-0.2, 0) is 19.7 Å². The Morgan fingerprint density at radius 1 is 1.29 bits per heavy atom. The summed E-state index contributed by atoms with van der Waals surface area (Å²) in [5.74, 6) is -0.253. The van der Waals surface area contributed by atoms with Gasteiger partial charge in [0, 0.05) is 17.8 Å². The molecule has 34 heavy (non-hydrogen) atoms. The number of aliphatic hydroxyl groups excluding tert-OH is 1. The van der Waals surface area contributed by atoms with Crippen molar-refractivity contribution in [1.29, 1.82) is 0 Å². The third-order valence-corrected chi connectivity index (χ3v) is 7.41. The largest absolute Gasteiger partial charge is 0.469 e. The Bertz CT molecular complexity index is 837. The van der Waals surface area contributed by atoms with Crippen LogP contribution in [0.3, 0.4) is 0 Å². The summed E-state index contributed by atoms with van der Waals surface area (Å²) in [6.07, 6.45) is 10.9. The minimum Gasteiger partial charge on any atom is -0.469 e. The number of halogens is 2. The lowest BCUT2D eigenvalue weighted by Gasteiger charge is -2.38. The average molecular weight is 477 g/mol. The number of benzene rings is 1. The van der Waals surface area contributed by atoms with Crippen molar-refractivity contribution in [1.82, 2.24) is 0 Å². The van der Waals surface area contributed by atoms with Gasteiger partial charge in [-0.2, -0.15) is 0 Å². The maximum Gasteiger partial charge on any atom is 0.305 e. The van der Waals surface area contributed by atoms with E-state index in [1.807, 2.05) is 25.1 Å². The Hall–Kier alpha value is -2.05. The van der Waals surface area contributed by atoms with Crippen molar-refractivity contribution in [2.45, 2.75) is 82.1 Å². The normalized spacial score (nSPS) is 28.1. The number of allylic oxidation sites excluding steroid dienone is 2. The van der Waals surface area contributed by atoms with Gasteiger partial charge in [0.1, 0.15) is 18.1 Å². The summed E-state index contributed by atoms with van der Waals surface area (Å²) in [7, 11) is 1.39. The van der Waals surface area contributed by atoms with Crippen LogP contribution in [0.25, 0.3) is 0 Å². The van der Waals surface area contributed by atoms with Gasteiger partial charge in [-0.25, -0.2) is 8.78 Å². The van der Waals surface area contributed by atoms with Crippen LogP contribution in [0.2, 0.25) is 0 Å². The van der Waals surface area contributed by atoms with Gasteiger partial charge in [-0.1, -0.05) is 56.2 Å². The molecule has 1 aromatic rings. The van der Waals surface area contributed by atoms with Crippen molar-refractivity contribution in [2.75, 3.05) is 13.7 Å². The zero-order valence-electron chi connectivity index (χ0n) is 20.3. The number of ether oxygens (including phenoxy) is 2. The first-order valence-electron chi connectivity index (χ1n) is 12.5. The molecule has 0 spiro atoms. The lowest BCUT2D eigenvalue weighted by atomic mass is 9.69. The molecule has 2 aliphatic rings. The zero-order valence-corrected chi connectivity index (χ0v) is 20.3. The Morgan fingerprint density at radius 2 is 2.06 bits per heavy atom. The number of alkyl halides is 1. The summed E-state index contributed by atoms with van der Waals surface area (Å²) < 4.78 is 38.7. The van der Waals surface area contributed by atoms with E-state index in [-0.39, 0.29) is 35.1 Å². The molecule has 3 rings (SSSR count). The first-order chi connectivity index (χ1) is 16.4. The smallest absolute Gasteiger partial charge is 0.305 e. The molecule has 1 aliphatic carbocycles. The minimum absolute atomic E-state index is 0.0140. The number of hydrogen-bond acceptors (Lipinski definition) is 4. The number of methoxy groups -OCH3 is 1. The third-order valence-electron chi connectivity index (χ3n) is 7.41. The minimum atomic E-state index is -1.27. The van der Waals surface area contributed by atoms with Crippen molar-refractivity contribution in [3.63, 3.8) is 0 Å². The Morgan fingerprint density at radius 3 is 2.76 bits per heavy atom. The molecular formula is C28H38F2O4. The number of esters is 1. The summed E-state index contributed by atoms with van der Waals surface area (Å²) in [5.41, 5.74) is 0.815. The molecule has 2 bridgehead atoms. The van der Waals surface area contributed by atoms with E-state index >= 15 is 0 Å². The van der Waals surface area contributed by atoms with E-state index in [4.69, 9.17) is 4.74 Å². The van der Waals surface area contributed by atoms with Crippen molar-refractivity contribution in [2.24, 2.45) is 11.8 Å². The quantitative estimate of drug-likeness (QED) is 0.221. The van der Waals surface area contributed by atoms with Gasteiger partial charge < -0.3 is 14.6 Å².